The van der Waals surface area contributed by atoms with Crippen LogP contribution in [0.3, 0.4) is 0 Å². The maximum absolute atomic E-state index is 12.1. The summed E-state index contributed by atoms with van der Waals surface area (Å²) in [6.07, 6.45) is 8.54. The molecule has 3 unspecified atom stereocenters. The molecular formula is C15H28N2O. The smallest absolute Gasteiger partial charge is 0.222 e. The molecule has 2 rings (SSSR count). The van der Waals surface area contributed by atoms with Crippen LogP contribution >= 0.6 is 0 Å². The topological polar surface area (TPSA) is 55.1 Å². The van der Waals surface area contributed by atoms with Crippen molar-refractivity contribution >= 4 is 5.91 Å². The molecule has 3 atom stereocenters. The molecule has 0 bridgehead atoms. The maximum atomic E-state index is 12.1. The third-order valence-corrected chi connectivity index (χ3v) is 5.17. The summed E-state index contributed by atoms with van der Waals surface area (Å²) < 4.78 is 0. The molecule has 0 saturated heterocycles. The molecule has 0 heterocycles. The van der Waals surface area contributed by atoms with Gasteiger partial charge in [0.25, 0.3) is 0 Å². The zero-order valence-corrected chi connectivity index (χ0v) is 11.9. The van der Waals surface area contributed by atoms with Gasteiger partial charge in [-0.1, -0.05) is 33.1 Å². The van der Waals surface area contributed by atoms with Crippen molar-refractivity contribution in [2.45, 2.75) is 76.8 Å². The van der Waals surface area contributed by atoms with Gasteiger partial charge in [0, 0.05) is 18.0 Å². The van der Waals surface area contributed by atoms with Crippen LogP contribution < -0.4 is 11.1 Å². The van der Waals surface area contributed by atoms with Crippen molar-refractivity contribution in [2.75, 3.05) is 0 Å². The largest absolute Gasteiger partial charge is 0.353 e. The standard InChI is InChI=1S/C15H28N2O/c1-11-6-7-13(12(11)2)17-14(18)10-15(16)8-4-3-5-9-15/h11-13H,3-10,16H2,1-2H3,(H,17,18). The summed E-state index contributed by atoms with van der Waals surface area (Å²) in [4.78, 5) is 12.1. The first-order valence-electron chi connectivity index (χ1n) is 7.58. The van der Waals surface area contributed by atoms with Gasteiger partial charge in [0.2, 0.25) is 5.91 Å². The number of nitrogens with two attached hydrogens (primary N) is 1. The van der Waals surface area contributed by atoms with Gasteiger partial charge in [-0.2, -0.15) is 0 Å². The van der Waals surface area contributed by atoms with E-state index in [4.69, 9.17) is 5.73 Å². The van der Waals surface area contributed by atoms with Gasteiger partial charge in [-0.25, -0.2) is 0 Å². The summed E-state index contributed by atoms with van der Waals surface area (Å²) in [5.74, 6) is 1.51. The van der Waals surface area contributed by atoms with Crippen molar-refractivity contribution in [3.63, 3.8) is 0 Å². The van der Waals surface area contributed by atoms with E-state index in [9.17, 15) is 4.79 Å². The lowest BCUT2D eigenvalue weighted by atomic mass is 9.80. The Labute approximate surface area is 111 Å². The van der Waals surface area contributed by atoms with Gasteiger partial charge < -0.3 is 11.1 Å². The highest BCUT2D eigenvalue weighted by molar-refractivity contribution is 5.77. The van der Waals surface area contributed by atoms with Crippen molar-refractivity contribution in [1.29, 1.82) is 0 Å². The molecule has 2 saturated carbocycles. The van der Waals surface area contributed by atoms with Gasteiger partial charge in [0.15, 0.2) is 0 Å². The number of amides is 1. The molecule has 2 aliphatic carbocycles. The summed E-state index contributed by atoms with van der Waals surface area (Å²) in [6.45, 7) is 4.53. The van der Waals surface area contributed by atoms with E-state index < -0.39 is 0 Å². The lowest BCUT2D eigenvalue weighted by molar-refractivity contribution is -0.123. The van der Waals surface area contributed by atoms with Crippen molar-refractivity contribution < 1.29 is 4.79 Å². The normalized spacial score (nSPS) is 35.4. The first-order chi connectivity index (χ1) is 8.50. The zero-order valence-electron chi connectivity index (χ0n) is 11.9. The van der Waals surface area contributed by atoms with Crippen LogP contribution in [0.25, 0.3) is 0 Å². The molecule has 2 fully saturated rings. The number of nitrogens with one attached hydrogen (secondary N) is 1. The lowest BCUT2D eigenvalue weighted by Gasteiger charge is -2.33. The Kier molecular flexibility index (Phi) is 4.31. The second-order valence-electron chi connectivity index (χ2n) is 6.69. The molecule has 0 aromatic carbocycles. The highest BCUT2D eigenvalue weighted by Crippen LogP contribution is 2.32. The minimum absolute atomic E-state index is 0.172. The second kappa shape index (κ2) is 5.60. The Balaban J connectivity index is 1.81. The molecule has 0 aromatic heterocycles. The van der Waals surface area contributed by atoms with E-state index >= 15 is 0 Å². The Morgan fingerprint density at radius 1 is 1.22 bits per heavy atom. The van der Waals surface area contributed by atoms with E-state index in [0.717, 1.165) is 25.2 Å². The molecule has 1 amide bonds. The summed E-state index contributed by atoms with van der Waals surface area (Å²) in [6, 6.07) is 0.375. The van der Waals surface area contributed by atoms with E-state index in [1.54, 1.807) is 0 Å². The molecule has 2 aliphatic rings. The lowest BCUT2D eigenvalue weighted by Crippen LogP contribution is -2.48. The van der Waals surface area contributed by atoms with Gasteiger partial charge in [-0.05, 0) is 37.5 Å². The highest BCUT2D eigenvalue weighted by atomic mass is 16.1. The van der Waals surface area contributed by atoms with Crippen LogP contribution in [-0.2, 0) is 4.79 Å². The summed E-state index contributed by atoms with van der Waals surface area (Å²) in [5.41, 5.74) is 6.11. The first-order valence-corrected chi connectivity index (χ1v) is 7.58. The molecule has 3 N–H and O–H groups in total. The fraction of sp³-hybridized carbons (Fsp3) is 0.933. The van der Waals surface area contributed by atoms with Crippen molar-refractivity contribution in [1.82, 2.24) is 5.32 Å². The van der Waals surface area contributed by atoms with Crippen molar-refractivity contribution in [3.8, 4) is 0 Å². The Morgan fingerprint density at radius 3 is 2.44 bits per heavy atom. The minimum atomic E-state index is -0.226. The number of hydrogen-bond acceptors (Lipinski definition) is 2. The SMILES string of the molecule is CC1CCC(NC(=O)CC2(N)CCCCC2)C1C. The average Bonchev–Trinajstić information content (AvgIpc) is 2.61. The average molecular weight is 252 g/mol. The van der Waals surface area contributed by atoms with Gasteiger partial charge in [0.1, 0.15) is 0 Å². The van der Waals surface area contributed by atoms with Gasteiger partial charge in [-0.3, -0.25) is 4.79 Å². The fourth-order valence-electron chi connectivity index (χ4n) is 3.58. The predicted molar refractivity (Wildman–Crippen MR) is 74.1 cm³/mol. The molecule has 0 radical (unpaired) electrons. The Bertz CT molecular complexity index is 297. The maximum Gasteiger partial charge on any atom is 0.222 e. The molecule has 18 heavy (non-hydrogen) atoms. The molecule has 3 heteroatoms. The summed E-state index contributed by atoms with van der Waals surface area (Å²) in [7, 11) is 0. The van der Waals surface area contributed by atoms with Crippen LogP contribution in [-0.4, -0.2) is 17.5 Å². The van der Waals surface area contributed by atoms with Crippen LogP contribution in [0.4, 0.5) is 0 Å². The number of carbonyl (C=O) groups is 1. The van der Waals surface area contributed by atoms with Crippen LogP contribution in [0, 0.1) is 11.8 Å². The van der Waals surface area contributed by atoms with Crippen LogP contribution in [0.1, 0.15) is 65.2 Å². The molecule has 0 aliphatic heterocycles. The fourth-order valence-corrected chi connectivity index (χ4v) is 3.58. The number of rotatable bonds is 3. The minimum Gasteiger partial charge on any atom is -0.353 e. The van der Waals surface area contributed by atoms with E-state index in [1.165, 1.54) is 25.7 Å². The van der Waals surface area contributed by atoms with Crippen molar-refractivity contribution in [3.05, 3.63) is 0 Å². The van der Waals surface area contributed by atoms with E-state index in [-0.39, 0.29) is 11.4 Å². The Hall–Kier alpha value is -0.570. The van der Waals surface area contributed by atoms with Crippen LogP contribution in [0.2, 0.25) is 0 Å². The van der Waals surface area contributed by atoms with Gasteiger partial charge >= 0.3 is 0 Å². The van der Waals surface area contributed by atoms with Crippen molar-refractivity contribution in [2.24, 2.45) is 17.6 Å². The predicted octanol–water partition coefficient (Wildman–Crippen LogP) is 2.59. The molecule has 0 spiro atoms. The summed E-state index contributed by atoms with van der Waals surface area (Å²) >= 11 is 0. The molecular weight excluding hydrogens is 224 g/mol. The van der Waals surface area contributed by atoms with Gasteiger partial charge in [-0.15, -0.1) is 0 Å². The number of carbonyl (C=O) groups excluding carboxylic acids is 1. The van der Waals surface area contributed by atoms with Gasteiger partial charge in [0.05, 0.1) is 0 Å². The third kappa shape index (κ3) is 3.25. The van der Waals surface area contributed by atoms with E-state index in [1.807, 2.05) is 0 Å². The molecule has 3 nitrogen and oxygen atoms in total. The number of hydrogen-bond donors (Lipinski definition) is 2. The Morgan fingerprint density at radius 2 is 1.89 bits per heavy atom. The quantitative estimate of drug-likeness (QED) is 0.811. The van der Waals surface area contributed by atoms with Crippen LogP contribution in [0.5, 0.6) is 0 Å². The summed E-state index contributed by atoms with van der Waals surface area (Å²) in [5, 5.41) is 3.21. The highest BCUT2D eigenvalue weighted by Gasteiger charge is 2.34. The zero-order chi connectivity index (χ0) is 13.2. The molecule has 0 aromatic rings. The first kappa shape index (κ1) is 13.9. The van der Waals surface area contributed by atoms with E-state index in [2.05, 4.69) is 19.2 Å². The second-order valence-corrected chi connectivity index (χ2v) is 6.69. The van der Waals surface area contributed by atoms with Crippen LogP contribution in [0.15, 0.2) is 0 Å². The molecule has 104 valence electrons. The monoisotopic (exact) mass is 252 g/mol. The van der Waals surface area contributed by atoms with E-state index in [0.29, 0.717) is 18.4 Å². The third-order valence-electron chi connectivity index (χ3n) is 5.17.